The van der Waals surface area contributed by atoms with Crippen molar-refractivity contribution in [3.8, 4) is 11.3 Å². The molecule has 1 aromatic heterocycles. The molecule has 1 aliphatic rings. The largest absolute Gasteiger partial charge is 0.509 e. The van der Waals surface area contributed by atoms with Crippen molar-refractivity contribution in [2.45, 2.75) is 0 Å². The number of rotatable bonds is 2. The van der Waals surface area contributed by atoms with Crippen LogP contribution in [0.2, 0.25) is 0 Å². The molecule has 1 amide bonds. The van der Waals surface area contributed by atoms with E-state index in [1.165, 1.54) is 0 Å². The van der Waals surface area contributed by atoms with Gasteiger partial charge in [-0.3, -0.25) is 0 Å². The molecule has 0 fully saturated rings. The topological polar surface area (TPSA) is 25.0 Å². The van der Waals surface area contributed by atoms with Crippen LogP contribution in [0.5, 0.6) is 0 Å². The highest BCUT2D eigenvalue weighted by molar-refractivity contribution is 6.15. The highest BCUT2D eigenvalue weighted by Gasteiger charge is 2.37. The third-order valence-electron chi connectivity index (χ3n) is 7.58. The Hall–Kier alpha value is -5.02. The van der Waals surface area contributed by atoms with Gasteiger partial charge in [-0.25, -0.2) is 0 Å². The Morgan fingerprint density at radius 1 is 0.514 bits per heavy atom. The molecule has 0 aliphatic carbocycles. The number of fused-ring (bicyclic) bond motifs is 5. The minimum Gasteiger partial charge on any atom is -0.196 e. The molecule has 7 aromatic rings. The first-order chi connectivity index (χ1) is 18.3. The van der Waals surface area contributed by atoms with Gasteiger partial charge in [0.25, 0.3) is 0 Å². The van der Waals surface area contributed by atoms with E-state index < -0.39 is 0 Å². The van der Waals surface area contributed by atoms with Crippen molar-refractivity contribution < 1.29 is 9.37 Å². The zero-order valence-corrected chi connectivity index (χ0v) is 19.9. The average molecular weight is 474 g/mol. The summed E-state index contributed by atoms with van der Waals surface area (Å²) in [6.07, 6.45) is 1.98. The molecule has 0 spiro atoms. The molecular formula is C34H21N2O+. The van der Waals surface area contributed by atoms with E-state index in [0.717, 1.165) is 65.7 Å². The molecule has 0 bridgehead atoms. The molecule has 0 N–H and O–H groups in total. The first-order valence-electron chi connectivity index (χ1n) is 12.5. The molecule has 0 radical (unpaired) electrons. The summed E-state index contributed by atoms with van der Waals surface area (Å²) in [5.74, 6) is 0. The maximum atomic E-state index is 14.3. The van der Waals surface area contributed by atoms with Gasteiger partial charge in [-0.1, -0.05) is 97.1 Å². The number of amides is 1. The van der Waals surface area contributed by atoms with Gasteiger partial charge in [0.1, 0.15) is 11.9 Å². The van der Waals surface area contributed by atoms with Crippen molar-refractivity contribution in [2.24, 2.45) is 0 Å². The molecule has 0 atom stereocenters. The maximum Gasteiger partial charge on any atom is 0.509 e. The van der Waals surface area contributed by atoms with Crippen LogP contribution in [0.3, 0.4) is 0 Å². The van der Waals surface area contributed by atoms with Crippen molar-refractivity contribution in [3.05, 3.63) is 127 Å². The second-order valence-corrected chi connectivity index (χ2v) is 9.62. The lowest BCUT2D eigenvalue weighted by Gasteiger charge is -2.12. The highest BCUT2D eigenvalue weighted by Crippen LogP contribution is 2.40. The Morgan fingerprint density at radius 3 is 1.51 bits per heavy atom. The average Bonchev–Trinajstić information content (AvgIpc) is 3.50. The van der Waals surface area contributed by atoms with Crippen molar-refractivity contribution in [3.63, 3.8) is 0 Å². The van der Waals surface area contributed by atoms with Crippen molar-refractivity contribution >= 4 is 61.0 Å². The van der Waals surface area contributed by atoms with Crippen molar-refractivity contribution in [1.82, 2.24) is 4.57 Å². The van der Waals surface area contributed by atoms with E-state index in [4.69, 9.17) is 0 Å². The maximum absolute atomic E-state index is 14.3. The second kappa shape index (κ2) is 7.49. The van der Waals surface area contributed by atoms with Gasteiger partial charge in [0, 0.05) is 16.3 Å². The number of aromatic nitrogens is 1. The fourth-order valence-electron chi connectivity index (χ4n) is 5.96. The predicted molar refractivity (Wildman–Crippen MR) is 152 cm³/mol. The van der Waals surface area contributed by atoms with Crippen LogP contribution in [0.4, 0.5) is 10.5 Å². The summed E-state index contributed by atoms with van der Waals surface area (Å²) in [6, 6.07) is 41.9. The first kappa shape index (κ1) is 20.2. The fraction of sp³-hybridized carbons (Fsp3) is 0. The van der Waals surface area contributed by atoms with E-state index in [0.29, 0.717) is 0 Å². The number of benzene rings is 6. The first-order valence-corrected chi connectivity index (χ1v) is 12.5. The molecule has 3 heteroatoms. The van der Waals surface area contributed by atoms with Gasteiger partial charge >= 0.3 is 6.03 Å². The molecule has 0 saturated carbocycles. The van der Waals surface area contributed by atoms with Gasteiger partial charge in [0.15, 0.2) is 11.4 Å². The number of carbonyl (C=O) groups excluding carboxylic acids is 1. The van der Waals surface area contributed by atoms with E-state index in [-0.39, 0.29) is 6.03 Å². The normalized spacial score (nSPS) is 13.1. The number of nitrogens with zero attached hydrogens (tertiary/aromatic N) is 2. The van der Waals surface area contributed by atoms with Crippen molar-refractivity contribution in [2.75, 3.05) is 0 Å². The van der Waals surface area contributed by atoms with Crippen LogP contribution < -0.4 is 0 Å². The molecule has 0 saturated heterocycles. The van der Waals surface area contributed by atoms with Gasteiger partial charge in [-0.05, 0) is 56.6 Å². The molecule has 172 valence electrons. The molecule has 2 heterocycles. The SMILES string of the molecule is O=C1n2c(ccc2-c2c3ccccc3cc3ccccc23)C=[N+]1c1c2ccccc2cc2ccccc12. The Balaban J connectivity index is 1.40. The lowest BCUT2D eigenvalue weighted by atomic mass is 9.95. The Kier molecular flexibility index (Phi) is 4.09. The lowest BCUT2D eigenvalue weighted by molar-refractivity contribution is -0.318. The Bertz CT molecular complexity index is 2000. The number of hydrogen-bond donors (Lipinski definition) is 0. The fourth-order valence-corrected chi connectivity index (χ4v) is 5.96. The minimum absolute atomic E-state index is 0.0616. The monoisotopic (exact) mass is 473 g/mol. The zero-order chi connectivity index (χ0) is 24.5. The predicted octanol–water partition coefficient (Wildman–Crippen LogP) is 8.51. The van der Waals surface area contributed by atoms with Gasteiger partial charge < -0.3 is 0 Å². The molecule has 8 rings (SSSR count). The van der Waals surface area contributed by atoms with Crippen LogP contribution in [0.1, 0.15) is 5.69 Å². The number of carbonyl (C=O) groups is 1. The van der Waals surface area contributed by atoms with Crippen LogP contribution >= 0.6 is 0 Å². The molecule has 6 aromatic carbocycles. The van der Waals surface area contributed by atoms with Gasteiger partial charge in [-0.15, -0.1) is 0 Å². The number of hydrogen-bond acceptors (Lipinski definition) is 1. The molecular weight excluding hydrogens is 452 g/mol. The van der Waals surface area contributed by atoms with Crippen molar-refractivity contribution in [1.29, 1.82) is 0 Å². The van der Waals surface area contributed by atoms with Crippen LogP contribution in [0, 0.1) is 0 Å². The summed E-state index contributed by atoms with van der Waals surface area (Å²) in [7, 11) is 0. The van der Waals surface area contributed by atoms with Gasteiger partial charge in [-0.2, -0.15) is 13.9 Å². The summed E-state index contributed by atoms with van der Waals surface area (Å²) in [6.45, 7) is 0. The van der Waals surface area contributed by atoms with E-state index in [2.05, 4.69) is 97.1 Å². The summed E-state index contributed by atoms with van der Waals surface area (Å²) in [5.41, 5.74) is 3.81. The van der Waals surface area contributed by atoms with E-state index in [1.807, 2.05) is 39.6 Å². The molecule has 3 nitrogen and oxygen atoms in total. The van der Waals surface area contributed by atoms with Gasteiger partial charge in [0.2, 0.25) is 0 Å². The lowest BCUT2D eigenvalue weighted by Crippen LogP contribution is -2.17. The summed E-state index contributed by atoms with van der Waals surface area (Å²) in [4.78, 5) is 14.3. The van der Waals surface area contributed by atoms with E-state index in [9.17, 15) is 4.79 Å². The van der Waals surface area contributed by atoms with Gasteiger partial charge in [0.05, 0.1) is 0 Å². The van der Waals surface area contributed by atoms with Crippen LogP contribution in [0.15, 0.2) is 121 Å². The van der Waals surface area contributed by atoms with Crippen LogP contribution in [-0.4, -0.2) is 21.4 Å². The van der Waals surface area contributed by atoms with E-state index in [1.54, 1.807) is 0 Å². The summed E-state index contributed by atoms with van der Waals surface area (Å²) < 4.78 is 3.70. The molecule has 37 heavy (non-hydrogen) atoms. The summed E-state index contributed by atoms with van der Waals surface area (Å²) in [5, 5.41) is 8.98. The third kappa shape index (κ3) is 2.82. The standard InChI is InChI=1S/C34H21N2O/c37-34-35(33-29-15-7-3-11-24(29)20-25-12-4-8-16-30(25)33)21-26-17-18-31(36(26)34)32-27-13-5-1-9-22(27)19-23-10-2-6-14-28(23)32/h1-21H/q+1. The Labute approximate surface area is 213 Å². The second-order valence-electron chi connectivity index (χ2n) is 9.62. The Morgan fingerprint density at radius 2 is 0.973 bits per heavy atom. The molecule has 1 aliphatic heterocycles. The quantitative estimate of drug-likeness (QED) is 0.182. The van der Waals surface area contributed by atoms with Crippen LogP contribution in [0.25, 0.3) is 54.3 Å². The van der Waals surface area contributed by atoms with E-state index >= 15 is 0 Å². The highest BCUT2D eigenvalue weighted by atomic mass is 16.2. The smallest absolute Gasteiger partial charge is 0.196 e. The summed E-state index contributed by atoms with van der Waals surface area (Å²) >= 11 is 0. The zero-order valence-electron chi connectivity index (χ0n) is 19.9. The third-order valence-corrected chi connectivity index (χ3v) is 7.58. The van der Waals surface area contributed by atoms with Crippen LogP contribution in [-0.2, 0) is 0 Å². The molecule has 0 unspecified atom stereocenters. The minimum atomic E-state index is -0.0616.